The summed E-state index contributed by atoms with van der Waals surface area (Å²) in [5.74, 6) is -0.840. The Kier molecular flexibility index (Phi) is 11.7. The summed E-state index contributed by atoms with van der Waals surface area (Å²) in [6.07, 6.45) is -4.37. The molecular formula is C23H32F4KN5O. The SMILES string of the molecule is C.CNc1c(F)c(-c2cc(N)c(C)c(C)c2C(F)(F)F)nc2c1C[N-]CCNCCC(C)O2.[K+]. The molecule has 2 aromatic rings. The fourth-order valence-corrected chi connectivity index (χ4v) is 3.78. The molecule has 1 aliphatic heterocycles. The van der Waals surface area contributed by atoms with Gasteiger partial charge in [0.15, 0.2) is 5.82 Å². The van der Waals surface area contributed by atoms with Crippen molar-refractivity contribution in [3.8, 4) is 17.1 Å². The second-order valence-corrected chi connectivity index (χ2v) is 7.89. The van der Waals surface area contributed by atoms with Gasteiger partial charge in [0.25, 0.3) is 0 Å². The first-order valence-electron chi connectivity index (χ1n) is 10.4. The fourth-order valence-electron chi connectivity index (χ4n) is 3.78. The first-order valence-corrected chi connectivity index (χ1v) is 10.4. The van der Waals surface area contributed by atoms with Gasteiger partial charge in [-0.1, -0.05) is 7.43 Å². The second-order valence-electron chi connectivity index (χ2n) is 7.89. The fraction of sp³-hybridized carbons (Fsp3) is 0.522. The maximum atomic E-state index is 15.6. The molecule has 6 nitrogen and oxygen atoms in total. The van der Waals surface area contributed by atoms with Crippen molar-refractivity contribution in [2.45, 2.75) is 53.4 Å². The van der Waals surface area contributed by atoms with Crippen LogP contribution in [0.1, 0.15) is 43.0 Å². The molecule has 3 rings (SSSR count). The van der Waals surface area contributed by atoms with Gasteiger partial charge in [0.05, 0.1) is 17.4 Å². The first kappa shape index (κ1) is 31.1. The average molecular weight is 510 g/mol. The first-order chi connectivity index (χ1) is 15.1. The Balaban J connectivity index is 0.00000289. The zero-order chi connectivity index (χ0) is 23.6. The molecule has 0 bridgehead atoms. The minimum absolute atomic E-state index is 0. The molecule has 0 amide bonds. The largest absolute Gasteiger partial charge is 1.00 e. The van der Waals surface area contributed by atoms with Crippen LogP contribution in [0.2, 0.25) is 0 Å². The third-order valence-corrected chi connectivity index (χ3v) is 5.69. The van der Waals surface area contributed by atoms with Crippen LogP contribution >= 0.6 is 0 Å². The van der Waals surface area contributed by atoms with Crippen molar-refractivity contribution < 1.29 is 73.7 Å². The number of nitrogens with one attached hydrogen (secondary N) is 2. The summed E-state index contributed by atoms with van der Waals surface area (Å²) in [4.78, 5) is 4.26. The Bertz CT molecular complexity index is 1000. The smallest absolute Gasteiger partial charge is 0.657 e. The van der Waals surface area contributed by atoms with Crippen LogP contribution < -0.4 is 72.5 Å². The monoisotopic (exact) mass is 509 g/mol. The van der Waals surface area contributed by atoms with Crippen molar-refractivity contribution in [2.75, 3.05) is 37.7 Å². The van der Waals surface area contributed by atoms with Crippen LogP contribution in [0.3, 0.4) is 0 Å². The van der Waals surface area contributed by atoms with Crippen molar-refractivity contribution >= 4 is 11.4 Å². The van der Waals surface area contributed by atoms with Crippen molar-refractivity contribution in [1.82, 2.24) is 10.3 Å². The summed E-state index contributed by atoms with van der Waals surface area (Å²) in [7, 11) is 1.50. The molecule has 34 heavy (non-hydrogen) atoms. The molecule has 1 aromatic carbocycles. The van der Waals surface area contributed by atoms with E-state index in [9.17, 15) is 13.2 Å². The number of hydrogen-bond donors (Lipinski definition) is 3. The van der Waals surface area contributed by atoms with Gasteiger partial charge >= 0.3 is 57.6 Å². The minimum atomic E-state index is -4.72. The number of rotatable bonds is 2. The van der Waals surface area contributed by atoms with E-state index in [1.54, 1.807) is 0 Å². The molecule has 0 saturated carbocycles. The van der Waals surface area contributed by atoms with Crippen LogP contribution in [0.4, 0.5) is 28.9 Å². The Morgan fingerprint density at radius 2 is 1.91 bits per heavy atom. The zero-order valence-electron chi connectivity index (χ0n) is 19.6. The molecule has 0 spiro atoms. The number of ether oxygens (including phenoxy) is 1. The van der Waals surface area contributed by atoms with Crippen LogP contribution in [0.25, 0.3) is 16.6 Å². The molecule has 1 aliphatic rings. The van der Waals surface area contributed by atoms with Gasteiger partial charge in [0.1, 0.15) is 5.69 Å². The summed E-state index contributed by atoms with van der Waals surface area (Å²) >= 11 is 0. The van der Waals surface area contributed by atoms with Crippen LogP contribution in [-0.4, -0.2) is 37.8 Å². The number of hydrogen-bond acceptors (Lipinski definition) is 5. The van der Waals surface area contributed by atoms with Gasteiger partial charge in [-0.25, -0.2) is 9.37 Å². The second kappa shape index (κ2) is 12.8. The van der Waals surface area contributed by atoms with Crippen LogP contribution in [0, 0.1) is 19.7 Å². The standard InChI is InChI=1S/C22H28F4N5O.CH4.K/c1-11-5-6-29-7-8-30-10-15-19(28-4)18(23)20(31-21(15)32-11)14-9-16(27)12(2)13(3)17(14)22(24,25)26;;/h9,11,29H,5-8,10,27H2,1-4H3,(H,28,31);1H4;/q-1;;+1. The van der Waals surface area contributed by atoms with E-state index >= 15 is 4.39 Å². The zero-order valence-corrected chi connectivity index (χ0v) is 22.7. The van der Waals surface area contributed by atoms with E-state index in [0.29, 0.717) is 37.2 Å². The third-order valence-electron chi connectivity index (χ3n) is 5.69. The maximum absolute atomic E-state index is 15.6. The normalized spacial score (nSPS) is 16.8. The molecule has 0 saturated heterocycles. The number of fused-ring (bicyclic) bond motifs is 1. The van der Waals surface area contributed by atoms with Gasteiger partial charge in [-0.15, -0.1) is 13.1 Å². The van der Waals surface area contributed by atoms with Crippen molar-refractivity contribution in [3.05, 3.63) is 39.5 Å². The summed E-state index contributed by atoms with van der Waals surface area (Å²) < 4.78 is 63.7. The van der Waals surface area contributed by atoms with Crippen molar-refractivity contribution in [3.63, 3.8) is 0 Å². The van der Waals surface area contributed by atoms with Gasteiger partial charge in [0.2, 0.25) is 5.88 Å². The Hall–Kier alpha value is -0.954. The average Bonchev–Trinajstić information content (AvgIpc) is 2.75. The number of benzene rings is 1. The van der Waals surface area contributed by atoms with E-state index in [-0.39, 0.29) is 94.3 Å². The van der Waals surface area contributed by atoms with Crippen molar-refractivity contribution in [1.29, 1.82) is 0 Å². The van der Waals surface area contributed by atoms with Gasteiger partial charge in [-0.3, -0.25) is 0 Å². The number of halogens is 4. The Morgan fingerprint density at radius 3 is 2.53 bits per heavy atom. The number of aromatic nitrogens is 1. The van der Waals surface area contributed by atoms with Gasteiger partial charge in [0, 0.05) is 23.9 Å². The van der Waals surface area contributed by atoms with Gasteiger partial charge < -0.3 is 26.4 Å². The Morgan fingerprint density at radius 1 is 1.24 bits per heavy atom. The van der Waals surface area contributed by atoms with Gasteiger partial charge in [-0.2, -0.15) is 13.2 Å². The number of nitrogen functional groups attached to an aromatic ring is 1. The molecule has 2 heterocycles. The van der Waals surface area contributed by atoms with Crippen LogP contribution in [-0.2, 0) is 12.7 Å². The molecule has 1 unspecified atom stereocenters. The van der Waals surface area contributed by atoms with E-state index in [4.69, 9.17) is 10.5 Å². The topological polar surface area (TPSA) is 86.3 Å². The molecule has 1 atom stereocenters. The molecule has 4 N–H and O–H groups in total. The van der Waals surface area contributed by atoms with E-state index in [1.165, 1.54) is 20.9 Å². The summed E-state index contributed by atoms with van der Waals surface area (Å²) in [5, 5.41) is 10.4. The van der Waals surface area contributed by atoms with E-state index in [2.05, 4.69) is 20.9 Å². The predicted octanol–water partition coefficient (Wildman–Crippen LogP) is 2.42. The molecule has 0 fully saturated rings. The quantitative estimate of drug-likeness (QED) is 0.329. The number of pyridine rings is 1. The summed E-state index contributed by atoms with van der Waals surface area (Å²) in [6, 6.07) is 1.13. The molecule has 0 radical (unpaired) electrons. The summed E-state index contributed by atoms with van der Waals surface area (Å²) in [5.41, 5.74) is 4.86. The molecule has 0 aliphatic carbocycles. The third kappa shape index (κ3) is 6.62. The van der Waals surface area contributed by atoms with E-state index in [1.807, 2.05) is 6.92 Å². The van der Waals surface area contributed by atoms with Crippen molar-refractivity contribution in [2.24, 2.45) is 0 Å². The van der Waals surface area contributed by atoms with Gasteiger partial charge in [-0.05, 0) is 57.5 Å². The predicted molar refractivity (Wildman–Crippen MR) is 124 cm³/mol. The molecule has 11 heteroatoms. The van der Waals surface area contributed by atoms with E-state index < -0.39 is 28.8 Å². The molecule has 1 aromatic heterocycles. The van der Waals surface area contributed by atoms with E-state index in [0.717, 1.165) is 6.07 Å². The van der Waals surface area contributed by atoms with Crippen LogP contribution in [0.5, 0.6) is 5.88 Å². The number of nitrogens with zero attached hydrogens (tertiary/aromatic N) is 2. The molecule has 184 valence electrons. The number of anilines is 2. The summed E-state index contributed by atoms with van der Waals surface area (Å²) in [6.45, 7) is 6.64. The molecular weight excluding hydrogens is 477 g/mol. The Labute approximate surface area is 241 Å². The minimum Gasteiger partial charge on any atom is -0.657 e. The number of nitrogens with two attached hydrogens (primary N) is 1. The van der Waals surface area contributed by atoms with Crippen LogP contribution in [0.15, 0.2) is 6.07 Å². The maximum Gasteiger partial charge on any atom is 1.00 e. The number of alkyl halides is 3.